The van der Waals surface area contributed by atoms with Crippen molar-refractivity contribution in [2.24, 2.45) is 0 Å². The molecule has 0 bridgehead atoms. The maximum absolute atomic E-state index is 5.61. The number of rotatable bonds is 2. The van der Waals surface area contributed by atoms with Gasteiger partial charge in [0.15, 0.2) is 10.6 Å². The van der Waals surface area contributed by atoms with Crippen molar-refractivity contribution in [3.8, 4) is 10.7 Å². The lowest BCUT2D eigenvalue weighted by Crippen LogP contribution is -2.17. The zero-order chi connectivity index (χ0) is 11.8. The molecule has 3 heterocycles. The van der Waals surface area contributed by atoms with Crippen LogP contribution in [0.4, 0.5) is 0 Å². The summed E-state index contributed by atoms with van der Waals surface area (Å²) in [6.07, 6.45) is 1.19. The Balaban J connectivity index is 2.10. The Morgan fingerprint density at radius 1 is 1.65 bits per heavy atom. The lowest BCUT2D eigenvalue weighted by Gasteiger charge is -2.17. The molecular weight excluding hydrogens is 254 g/mol. The van der Waals surface area contributed by atoms with Crippen LogP contribution in [0.25, 0.3) is 10.7 Å². The van der Waals surface area contributed by atoms with Crippen molar-refractivity contribution in [2.45, 2.75) is 25.5 Å². The van der Waals surface area contributed by atoms with E-state index in [9.17, 15) is 0 Å². The molecule has 1 aliphatic heterocycles. The smallest absolute Gasteiger partial charge is 0.195 e. The van der Waals surface area contributed by atoms with Crippen molar-refractivity contribution in [3.63, 3.8) is 0 Å². The molecular formula is C11H13N3OS2. The van der Waals surface area contributed by atoms with Crippen molar-refractivity contribution in [1.29, 1.82) is 0 Å². The summed E-state index contributed by atoms with van der Waals surface area (Å²) in [7, 11) is 0. The van der Waals surface area contributed by atoms with E-state index in [1.807, 2.05) is 11.4 Å². The van der Waals surface area contributed by atoms with Crippen LogP contribution in [-0.2, 0) is 4.74 Å². The summed E-state index contributed by atoms with van der Waals surface area (Å²) in [4.78, 5) is 1.14. The van der Waals surface area contributed by atoms with Crippen LogP contribution in [0.2, 0.25) is 0 Å². The van der Waals surface area contributed by atoms with Crippen LogP contribution >= 0.6 is 23.6 Å². The minimum absolute atomic E-state index is 0.193. The Morgan fingerprint density at radius 3 is 3.18 bits per heavy atom. The molecule has 1 aliphatic rings. The van der Waals surface area contributed by atoms with Gasteiger partial charge in [-0.2, -0.15) is 5.10 Å². The number of thiophene rings is 1. The van der Waals surface area contributed by atoms with E-state index < -0.39 is 0 Å². The van der Waals surface area contributed by atoms with Crippen molar-refractivity contribution in [1.82, 2.24) is 14.8 Å². The molecule has 0 amide bonds. The summed E-state index contributed by atoms with van der Waals surface area (Å²) in [5.74, 6) is 0.923. The first-order chi connectivity index (χ1) is 8.27. The molecule has 4 nitrogen and oxygen atoms in total. The fourth-order valence-electron chi connectivity index (χ4n) is 2.25. The zero-order valence-corrected chi connectivity index (χ0v) is 11.1. The van der Waals surface area contributed by atoms with E-state index in [4.69, 9.17) is 17.0 Å². The third kappa shape index (κ3) is 1.86. The molecule has 1 N–H and O–H groups in total. The molecule has 2 aromatic heterocycles. The molecule has 17 heavy (non-hydrogen) atoms. The molecule has 6 heteroatoms. The van der Waals surface area contributed by atoms with Crippen molar-refractivity contribution >= 4 is 23.6 Å². The second-order valence-corrected chi connectivity index (χ2v) is 5.47. The van der Waals surface area contributed by atoms with Crippen LogP contribution in [0, 0.1) is 4.77 Å². The number of aromatic amines is 1. The summed E-state index contributed by atoms with van der Waals surface area (Å²) in [5.41, 5.74) is 0. The fraction of sp³-hybridized carbons (Fsp3) is 0.455. The van der Waals surface area contributed by atoms with Crippen LogP contribution in [0.3, 0.4) is 0 Å². The summed E-state index contributed by atoms with van der Waals surface area (Å²) < 4.78 is 8.38. The third-order valence-electron chi connectivity index (χ3n) is 3.11. The Morgan fingerprint density at radius 2 is 2.53 bits per heavy atom. The number of hydrogen-bond acceptors (Lipinski definition) is 4. The molecule has 3 rings (SSSR count). The highest BCUT2D eigenvalue weighted by atomic mass is 32.1. The van der Waals surface area contributed by atoms with E-state index in [1.165, 1.54) is 0 Å². The second kappa shape index (κ2) is 4.36. The summed E-state index contributed by atoms with van der Waals surface area (Å²) in [5, 5.41) is 9.28. The molecule has 0 spiro atoms. The molecule has 0 saturated carbocycles. The van der Waals surface area contributed by atoms with Crippen molar-refractivity contribution < 1.29 is 4.74 Å². The summed E-state index contributed by atoms with van der Waals surface area (Å²) in [6, 6.07) is 4.38. The predicted octanol–water partition coefficient (Wildman–Crippen LogP) is 3.02. The molecule has 1 fully saturated rings. The van der Waals surface area contributed by atoms with E-state index in [1.54, 1.807) is 11.3 Å². The van der Waals surface area contributed by atoms with Gasteiger partial charge in [0.2, 0.25) is 0 Å². The lowest BCUT2D eigenvalue weighted by molar-refractivity contribution is 0.107. The van der Waals surface area contributed by atoms with E-state index in [-0.39, 0.29) is 6.10 Å². The van der Waals surface area contributed by atoms with Gasteiger partial charge in [-0.1, -0.05) is 6.07 Å². The molecule has 2 unspecified atom stereocenters. The highest BCUT2D eigenvalue weighted by Crippen LogP contribution is 2.32. The molecule has 0 aliphatic carbocycles. The first-order valence-electron chi connectivity index (χ1n) is 5.60. The summed E-state index contributed by atoms with van der Waals surface area (Å²) in [6.45, 7) is 2.88. The average molecular weight is 267 g/mol. The second-order valence-electron chi connectivity index (χ2n) is 4.13. The quantitative estimate of drug-likeness (QED) is 0.851. The summed E-state index contributed by atoms with van der Waals surface area (Å²) >= 11 is 7.00. The Kier molecular flexibility index (Phi) is 2.85. The van der Waals surface area contributed by atoms with E-state index >= 15 is 0 Å². The predicted molar refractivity (Wildman–Crippen MR) is 69.8 cm³/mol. The van der Waals surface area contributed by atoms with Gasteiger partial charge < -0.3 is 4.74 Å². The first-order valence-corrected chi connectivity index (χ1v) is 6.88. The van der Waals surface area contributed by atoms with Crippen LogP contribution in [0.1, 0.15) is 19.4 Å². The first kappa shape index (κ1) is 11.1. The van der Waals surface area contributed by atoms with E-state index in [0.717, 1.165) is 23.7 Å². The number of H-pyrrole nitrogens is 1. The van der Waals surface area contributed by atoms with Gasteiger partial charge in [0, 0.05) is 6.61 Å². The van der Waals surface area contributed by atoms with Crippen LogP contribution in [0.15, 0.2) is 17.5 Å². The molecule has 0 aromatic carbocycles. The van der Waals surface area contributed by atoms with E-state index in [2.05, 4.69) is 27.8 Å². The van der Waals surface area contributed by atoms with Gasteiger partial charge >= 0.3 is 0 Å². The van der Waals surface area contributed by atoms with Gasteiger partial charge in [0.05, 0.1) is 17.0 Å². The van der Waals surface area contributed by atoms with Gasteiger partial charge in [0.25, 0.3) is 0 Å². The monoisotopic (exact) mass is 267 g/mol. The zero-order valence-electron chi connectivity index (χ0n) is 9.42. The minimum atomic E-state index is 0.193. The van der Waals surface area contributed by atoms with Crippen molar-refractivity contribution in [3.05, 3.63) is 22.3 Å². The number of aromatic nitrogens is 3. The van der Waals surface area contributed by atoms with Crippen molar-refractivity contribution in [2.75, 3.05) is 6.61 Å². The highest BCUT2D eigenvalue weighted by Gasteiger charge is 2.29. The largest absolute Gasteiger partial charge is 0.376 e. The maximum atomic E-state index is 5.61. The van der Waals surface area contributed by atoms with Gasteiger partial charge in [0.1, 0.15) is 0 Å². The topological polar surface area (TPSA) is 42.8 Å². The fourth-order valence-corrected chi connectivity index (χ4v) is 3.23. The number of nitrogens with one attached hydrogen (secondary N) is 1. The minimum Gasteiger partial charge on any atom is -0.376 e. The maximum Gasteiger partial charge on any atom is 0.195 e. The highest BCUT2D eigenvalue weighted by molar-refractivity contribution is 7.71. The van der Waals surface area contributed by atoms with Gasteiger partial charge in [-0.05, 0) is 37.0 Å². The standard InChI is InChI=1S/C11H13N3OS2/c1-7-8(4-5-15-7)14-10(12-13-11(14)16)9-3-2-6-17-9/h2-3,6-8H,4-5H2,1H3,(H,13,16). The third-order valence-corrected chi connectivity index (χ3v) is 4.27. The van der Waals surface area contributed by atoms with Crippen LogP contribution in [0.5, 0.6) is 0 Å². The Labute approximate surface area is 108 Å². The van der Waals surface area contributed by atoms with Gasteiger partial charge in [-0.25, -0.2) is 0 Å². The van der Waals surface area contributed by atoms with Gasteiger partial charge in [-0.15, -0.1) is 11.3 Å². The number of nitrogens with zero attached hydrogens (tertiary/aromatic N) is 2. The number of ether oxygens (including phenoxy) is 1. The SMILES string of the molecule is CC1OCCC1n1c(-c2cccs2)n[nH]c1=S. The molecule has 2 atom stereocenters. The van der Waals surface area contributed by atoms with Crippen LogP contribution < -0.4 is 0 Å². The normalized spacial score (nSPS) is 24.3. The number of hydrogen-bond donors (Lipinski definition) is 1. The Bertz CT molecular complexity index is 558. The van der Waals surface area contributed by atoms with Crippen LogP contribution in [-0.4, -0.2) is 27.5 Å². The molecule has 2 aromatic rings. The van der Waals surface area contributed by atoms with Gasteiger partial charge in [-0.3, -0.25) is 9.67 Å². The molecule has 90 valence electrons. The average Bonchev–Trinajstić information content (AvgIpc) is 2.98. The lowest BCUT2D eigenvalue weighted by atomic mass is 10.1. The molecule has 0 radical (unpaired) electrons. The van der Waals surface area contributed by atoms with E-state index in [0.29, 0.717) is 10.8 Å². The Hall–Kier alpha value is -0.980. The molecule has 1 saturated heterocycles.